The Kier molecular flexibility index (Phi) is 7.04. The molecule has 1 aromatic heterocycles. The second-order valence-corrected chi connectivity index (χ2v) is 7.33. The van der Waals surface area contributed by atoms with Gasteiger partial charge in [-0.3, -0.25) is 4.79 Å². The number of amides is 1. The van der Waals surface area contributed by atoms with Gasteiger partial charge in [0.25, 0.3) is 5.91 Å². The summed E-state index contributed by atoms with van der Waals surface area (Å²) in [4.78, 5) is 23.6. The predicted molar refractivity (Wildman–Crippen MR) is 116 cm³/mol. The van der Waals surface area contributed by atoms with E-state index in [-0.39, 0.29) is 12.0 Å². The molecule has 29 heavy (non-hydrogen) atoms. The van der Waals surface area contributed by atoms with Crippen LogP contribution in [0.25, 0.3) is 0 Å². The van der Waals surface area contributed by atoms with Crippen LogP contribution in [-0.2, 0) is 4.74 Å². The van der Waals surface area contributed by atoms with E-state index in [0.29, 0.717) is 23.9 Å². The third-order valence-corrected chi connectivity index (χ3v) is 5.19. The molecule has 0 bridgehead atoms. The highest BCUT2D eigenvalue weighted by molar-refractivity contribution is 5.93. The summed E-state index contributed by atoms with van der Waals surface area (Å²) in [5.74, 6) is 0.954. The van der Waals surface area contributed by atoms with Crippen LogP contribution in [0.5, 0.6) is 0 Å². The van der Waals surface area contributed by atoms with Crippen LogP contribution in [0.4, 0.5) is 17.2 Å². The van der Waals surface area contributed by atoms with Gasteiger partial charge in [-0.05, 0) is 64.3 Å². The van der Waals surface area contributed by atoms with Gasteiger partial charge in [0.1, 0.15) is 17.3 Å². The van der Waals surface area contributed by atoms with E-state index in [1.807, 2.05) is 0 Å². The van der Waals surface area contributed by atoms with Gasteiger partial charge in [0.15, 0.2) is 0 Å². The minimum Gasteiger partial charge on any atom is -0.376 e. The summed E-state index contributed by atoms with van der Waals surface area (Å²) >= 11 is 0. The number of carbonyl (C=O) groups is 1. The maximum absolute atomic E-state index is 12.5. The van der Waals surface area contributed by atoms with Crippen molar-refractivity contribution < 1.29 is 9.53 Å². The number of carbonyl (C=O) groups excluding carboxylic acids is 1. The molecule has 0 saturated carbocycles. The summed E-state index contributed by atoms with van der Waals surface area (Å²) in [7, 11) is 0. The van der Waals surface area contributed by atoms with Crippen molar-refractivity contribution in [3.05, 3.63) is 41.3 Å². The molecule has 2 aromatic rings. The number of aryl methyl sites for hydroxylation is 2. The lowest BCUT2D eigenvalue weighted by Crippen LogP contribution is -2.32. The van der Waals surface area contributed by atoms with Crippen molar-refractivity contribution in [2.75, 3.05) is 36.5 Å². The van der Waals surface area contributed by atoms with Crippen molar-refractivity contribution in [1.29, 1.82) is 0 Å². The lowest BCUT2D eigenvalue weighted by molar-refractivity contribution is 0.0853. The molecule has 1 unspecified atom stereocenters. The first-order chi connectivity index (χ1) is 14.0. The molecule has 0 aliphatic carbocycles. The summed E-state index contributed by atoms with van der Waals surface area (Å²) in [5.41, 5.74) is 3.64. The number of anilines is 3. The van der Waals surface area contributed by atoms with Gasteiger partial charge >= 0.3 is 0 Å². The fraction of sp³-hybridized carbons (Fsp3) is 0.500. The standard InChI is InChI=1S/C22H31N5O2/c1-5-27(6-2)17-9-10-19(15(3)12-17)26-21-13-20(24-16(4)25-21)22(28)23-14-18-8-7-11-29-18/h9-10,12-13,18H,5-8,11,14H2,1-4H3,(H,23,28)(H,24,25,26). The number of hydrogen-bond acceptors (Lipinski definition) is 6. The number of rotatable bonds is 8. The summed E-state index contributed by atoms with van der Waals surface area (Å²) < 4.78 is 5.56. The molecule has 1 saturated heterocycles. The minimum absolute atomic E-state index is 0.103. The minimum atomic E-state index is -0.206. The maximum Gasteiger partial charge on any atom is 0.270 e. The quantitative estimate of drug-likeness (QED) is 0.709. The molecule has 0 radical (unpaired) electrons. The van der Waals surface area contributed by atoms with E-state index in [1.165, 1.54) is 5.69 Å². The van der Waals surface area contributed by atoms with Gasteiger partial charge in [-0.15, -0.1) is 0 Å². The van der Waals surface area contributed by atoms with Crippen molar-refractivity contribution in [3.8, 4) is 0 Å². The first-order valence-electron chi connectivity index (χ1n) is 10.4. The van der Waals surface area contributed by atoms with Crippen LogP contribution >= 0.6 is 0 Å². The molecule has 1 amide bonds. The van der Waals surface area contributed by atoms with Crippen molar-refractivity contribution in [2.24, 2.45) is 0 Å². The summed E-state index contributed by atoms with van der Waals surface area (Å²) in [5, 5.41) is 6.25. The number of ether oxygens (including phenoxy) is 1. The zero-order valence-electron chi connectivity index (χ0n) is 17.8. The van der Waals surface area contributed by atoms with Gasteiger partial charge in [-0.25, -0.2) is 9.97 Å². The Labute approximate surface area is 172 Å². The second-order valence-electron chi connectivity index (χ2n) is 7.33. The van der Waals surface area contributed by atoms with Crippen LogP contribution in [0.2, 0.25) is 0 Å². The zero-order chi connectivity index (χ0) is 20.8. The van der Waals surface area contributed by atoms with E-state index in [4.69, 9.17) is 4.74 Å². The first kappa shape index (κ1) is 21.0. The highest BCUT2D eigenvalue weighted by Crippen LogP contribution is 2.25. The molecule has 2 heterocycles. The van der Waals surface area contributed by atoms with Crippen molar-refractivity contribution >= 4 is 23.1 Å². The number of benzene rings is 1. The Balaban J connectivity index is 1.71. The molecule has 1 aliphatic rings. The Bertz CT molecular complexity index is 845. The third-order valence-electron chi connectivity index (χ3n) is 5.19. The van der Waals surface area contributed by atoms with Gasteiger partial charge in [0, 0.05) is 43.7 Å². The van der Waals surface area contributed by atoms with E-state index in [1.54, 1.807) is 13.0 Å². The van der Waals surface area contributed by atoms with E-state index < -0.39 is 0 Å². The number of nitrogens with zero attached hydrogens (tertiary/aromatic N) is 3. The van der Waals surface area contributed by atoms with Crippen LogP contribution in [0.1, 0.15) is 48.6 Å². The van der Waals surface area contributed by atoms with E-state index in [0.717, 1.165) is 43.8 Å². The highest BCUT2D eigenvalue weighted by atomic mass is 16.5. The topological polar surface area (TPSA) is 79.4 Å². The number of aromatic nitrogens is 2. The largest absolute Gasteiger partial charge is 0.376 e. The van der Waals surface area contributed by atoms with Gasteiger partial charge in [0.05, 0.1) is 6.10 Å². The lowest BCUT2D eigenvalue weighted by atomic mass is 10.1. The van der Waals surface area contributed by atoms with Gasteiger partial charge in [-0.2, -0.15) is 0 Å². The van der Waals surface area contributed by atoms with Crippen LogP contribution in [0.3, 0.4) is 0 Å². The maximum atomic E-state index is 12.5. The van der Waals surface area contributed by atoms with Gasteiger partial charge in [-0.1, -0.05) is 0 Å². The van der Waals surface area contributed by atoms with Gasteiger partial charge in [0.2, 0.25) is 0 Å². The highest BCUT2D eigenvalue weighted by Gasteiger charge is 2.18. The van der Waals surface area contributed by atoms with Crippen LogP contribution < -0.4 is 15.5 Å². The monoisotopic (exact) mass is 397 g/mol. The smallest absolute Gasteiger partial charge is 0.270 e. The molecule has 1 atom stereocenters. The molecular formula is C22H31N5O2. The lowest BCUT2D eigenvalue weighted by Gasteiger charge is -2.22. The van der Waals surface area contributed by atoms with Crippen molar-refractivity contribution in [3.63, 3.8) is 0 Å². The van der Waals surface area contributed by atoms with E-state index in [9.17, 15) is 4.79 Å². The summed E-state index contributed by atoms with van der Waals surface area (Å²) in [6.45, 7) is 11.4. The third kappa shape index (κ3) is 5.44. The molecule has 1 aromatic carbocycles. The fourth-order valence-corrected chi connectivity index (χ4v) is 3.56. The second kappa shape index (κ2) is 9.69. The van der Waals surface area contributed by atoms with Crippen LogP contribution in [0, 0.1) is 13.8 Å². The molecule has 1 aliphatic heterocycles. The number of nitrogens with one attached hydrogen (secondary N) is 2. The molecular weight excluding hydrogens is 366 g/mol. The Hall–Kier alpha value is -2.67. The van der Waals surface area contributed by atoms with Crippen molar-refractivity contribution in [1.82, 2.24) is 15.3 Å². The molecule has 2 N–H and O–H groups in total. The summed E-state index contributed by atoms with van der Waals surface area (Å²) in [6, 6.07) is 8.01. The van der Waals surface area contributed by atoms with E-state index in [2.05, 4.69) is 64.5 Å². The Morgan fingerprint density at radius 3 is 2.66 bits per heavy atom. The van der Waals surface area contributed by atoms with Crippen LogP contribution in [-0.4, -0.2) is 48.2 Å². The van der Waals surface area contributed by atoms with Crippen LogP contribution in [0.15, 0.2) is 24.3 Å². The summed E-state index contributed by atoms with van der Waals surface area (Å²) in [6.07, 6.45) is 2.14. The molecule has 7 nitrogen and oxygen atoms in total. The Morgan fingerprint density at radius 1 is 1.21 bits per heavy atom. The predicted octanol–water partition coefficient (Wildman–Crippen LogP) is 3.59. The zero-order valence-corrected chi connectivity index (χ0v) is 17.8. The fourth-order valence-electron chi connectivity index (χ4n) is 3.56. The molecule has 1 fully saturated rings. The normalized spacial score (nSPS) is 15.9. The molecule has 0 spiro atoms. The number of hydrogen-bond donors (Lipinski definition) is 2. The van der Waals surface area contributed by atoms with Gasteiger partial charge < -0.3 is 20.3 Å². The molecule has 7 heteroatoms. The SMILES string of the molecule is CCN(CC)c1ccc(Nc2cc(C(=O)NCC3CCCO3)nc(C)n2)c(C)c1. The Morgan fingerprint density at radius 2 is 2.00 bits per heavy atom. The average Bonchev–Trinajstić information content (AvgIpc) is 3.22. The average molecular weight is 398 g/mol. The molecule has 156 valence electrons. The van der Waals surface area contributed by atoms with E-state index >= 15 is 0 Å². The molecule has 3 rings (SSSR count). The first-order valence-corrected chi connectivity index (χ1v) is 10.4. The van der Waals surface area contributed by atoms with Crippen molar-refractivity contribution in [2.45, 2.75) is 46.6 Å².